The summed E-state index contributed by atoms with van der Waals surface area (Å²) in [6.07, 6.45) is 2.36. The summed E-state index contributed by atoms with van der Waals surface area (Å²) in [5, 5.41) is 1.76. The van der Waals surface area contributed by atoms with E-state index in [1.807, 2.05) is 61.5 Å². The minimum atomic E-state index is -3.68. The van der Waals surface area contributed by atoms with Crippen LogP contribution in [0.5, 0.6) is 0 Å². The Kier molecular flexibility index (Phi) is 4.88. The van der Waals surface area contributed by atoms with Crippen LogP contribution in [-0.2, 0) is 16.4 Å². The first kappa shape index (κ1) is 19.9. The number of aromatic nitrogens is 1. The first-order valence-corrected chi connectivity index (χ1v) is 11.9. The van der Waals surface area contributed by atoms with Gasteiger partial charge in [-0.2, -0.15) is 0 Å². The SMILES string of the molecule is Cc1ccc(S(=O)(=O)N2C=C(c3ccc(Cl)cc3)c3[nH]c4ccccc4c3CC2)cc1. The molecule has 156 valence electrons. The first-order valence-electron chi connectivity index (χ1n) is 10.1. The number of halogens is 1. The summed E-state index contributed by atoms with van der Waals surface area (Å²) in [4.78, 5) is 3.81. The van der Waals surface area contributed by atoms with Gasteiger partial charge in [-0.05, 0) is 54.8 Å². The zero-order valence-electron chi connectivity index (χ0n) is 17.0. The molecule has 3 aromatic carbocycles. The second kappa shape index (κ2) is 7.59. The third kappa shape index (κ3) is 3.54. The fraction of sp³-hybridized carbons (Fsp3) is 0.120. The molecule has 1 N–H and O–H groups in total. The van der Waals surface area contributed by atoms with Crippen LogP contribution < -0.4 is 0 Å². The van der Waals surface area contributed by atoms with Gasteiger partial charge in [0.15, 0.2) is 0 Å². The standard InChI is InChI=1S/C25H21ClN2O2S/c1-17-6-12-20(13-7-17)31(29,30)28-15-14-22-21-4-2-3-5-24(21)27-25(22)23(16-28)18-8-10-19(26)11-9-18/h2-13,16,27H,14-15H2,1H3. The molecule has 5 rings (SSSR count). The van der Waals surface area contributed by atoms with Crippen molar-refractivity contribution in [2.45, 2.75) is 18.2 Å². The number of para-hydroxylation sites is 1. The zero-order valence-corrected chi connectivity index (χ0v) is 18.5. The number of nitrogens with zero attached hydrogens (tertiary/aromatic N) is 1. The van der Waals surface area contributed by atoms with Gasteiger partial charge in [-0.1, -0.05) is 59.6 Å². The van der Waals surface area contributed by atoms with Crippen LogP contribution in [0.1, 0.15) is 22.4 Å². The van der Waals surface area contributed by atoms with Crippen LogP contribution in [0.25, 0.3) is 16.5 Å². The number of H-pyrrole nitrogens is 1. The Bertz CT molecular complexity index is 1400. The minimum absolute atomic E-state index is 0.292. The van der Waals surface area contributed by atoms with E-state index >= 15 is 0 Å². The second-order valence-corrected chi connectivity index (χ2v) is 10.1. The fourth-order valence-corrected chi connectivity index (χ4v) is 5.52. The highest BCUT2D eigenvalue weighted by molar-refractivity contribution is 7.89. The molecule has 0 saturated heterocycles. The summed E-state index contributed by atoms with van der Waals surface area (Å²) in [6.45, 7) is 2.31. The smallest absolute Gasteiger partial charge is 0.263 e. The normalized spacial score (nSPS) is 14.3. The maximum absolute atomic E-state index is 13.5. The highest BCUT2D eigenvalue weighted by Crippen LogP contribution is 2.35. The van der Waals surface area contributed by atoms with E-state index in [1.54, 1.807) is 18.3 Å². The number of aryl methyl sites for hydroxylation is 1. The van der Waals surface area contributed by atoms with Crippen molar-refractivity contribution in [2.75, 3.05) is 6.54 Å². The van der Waals surface area contributed by atoms with E-state index in [4.69, 9.17) is 11.6 Å². The molecule has 4 aromatic rings. The number of aromatic amines is 1. The topological polar surface area (TPSA) is 53.2 Å². The average Bonchev–Trinajstić information content (AvgIpc) is 3.02. The summed E-state index contributed by atoms with van der Waals surface area (Å²) < 4.78 is 28.4. The Morgan fingerprint density at radius 1 is 0.935 bits per heavy atom. The van der Waals surface area contributed by atoms with Gasteiger partial charge in [-0.25, -0.2) is 8.42 Å². The minimum Gasteiger partial charge on any atom is -0.354 e. The van der Waals surface area contributed by atoms with Crippen molar-refractivity contribution in [3.8, 4) is 0 Å². The van der Waals surface area contributed by atoms with E-state index in [0.717, 1.165) is 38.9 Å². The van der Waals surface area contributed by atoms with E-state index in [9.17, 15) is 8.42 Å². The summed E-state index contributed by atoms with van der Waals surface area (Å²) in [6, 6.07) is 22.6. The molecule has 0 aliphatic carbocycles. The van der Waals surface area contributed by atoms with Crippen LogP contribution in [0, 0.1) is 6.92 Å². The molecule has 0 fully saturated rings. The lowest BCUT2D eigenvalue weighted by Crippen LogP contribution is -2.27. The number of hydrogen-bond acceptors (Lipinski definition) is 2. The lowest BCUT2D eigenvalue weighted by atomic mass is 9.99. The van der Waals surface area contributed by atoms with Crippen LogP contribution in [0.2, 0.25) is 5.02 Å². The van der Waals surface area contributed by atoms with Gasteiger partial charge in [0.25, 0.3) is 10.0 Å². The highest BCUT2D eigenvalue weighted by atomic mass is 35.5. The summed E-state index contributed by atoms with van der Waals surface area (Å²) >= 11 is 6.11. The van der Waals surface area contributed by atoms with Crippen LogP contribution in [0.3, 0.4) is 0 Å². The van der Waals surface area contributed by atoms with Crippen LogP contribution >= 0.6 is 11.6 Å². The molecule has 31 heavy (non-hydrogen) atoms. The quantitative estimate of drug-likeness (QED) is 0.432. The van der Waals surface area contributed by atoms with Gasteiger partial charge in [-0.3, -0.25) is 4.31 Å². The van der Waals surface area contributed by atoms with Crippen molar-refractivity contribution >= 4 is 38.1 Å². The van der Waals surface area contributed by atoms with Crippen molar-refractivity contribution in [3.05, 3.63) is 106 Å². The lowest BCUT2D eigenvalue weighted by Gasteiger charge is -2.20. The molecule has 0 saturated carbocycles. The lowest BCUT2D eigenvalue weighted by molar-refractivity contribution is 0.502. The monoisotopic (exact) mass is 448 g/mol. The molecule has 1 aliphatic rings. The Hall–Kier alpha value is -3.02. The molecule has 1 aliphatic heterocycles. The van der Waals surface area contributed by atoms with Gasteiger partial charge < -0.3 is 4.98 Å². The molecule has 0 atom stereocenters. The number of nitrogens with one attached hydrogen (secondary N) is 1. The Morgan fingerprint density at radius 2 is 1.65 bits per heavy atom. The van der Waals surface area contributed by atoms with Gasteiger partial charge in [0, 0.05) is 34.2 Å². The molecule has 2 heterocycles. The molecule has 6 heteroatoms. The Morgan fingerprint density at radius 3 is 2.39 bits per heavy atom. The number of fused-ring (bicyclic) bond motifs is 3. The largest absolute Gasteiger partial charge is 0.354 e. The number of sulfonamides is 1. The number of rotatable bonds is 3. The van der Waals surface area contributed by atoms with Crippen molar-refractivity contribution < 1.29 is 8.42 Å². The molecule has 0 amide bonds. The first-order chi connectivity index (χ1) is 14.9. The molecule has 4 nitrogen and oxygen atoms in total. The molecular formula is C25H21ClN2O2S. The van der Waals surface area contributed by atoms with Crippen LogP contribution in [0.15, 0.2) is 83.9 Å². The number of hydrogen-bond donors (Lipinski definition) is 1. The number of benzene rings is 3. The molecular weight excluding hydrogens is 428 g/mol. The van der Waals surface area contributed by atoms with E-state index in [-0.39, 0.29) is 0 Å². The third-order valence-corrected chi connectivity index (χ3v) is 7.75. The predicted octanol–water partition coefficient (Wildman–Crippen LogP) is 5.77. The van der Waals surface area contributed by atoms with Gasteiger partial charge in [0.2, 0.25) is 0 Å². The molecule has 1 aromatic heterocycles. The maximum atomic E-state index is 13.5. The van der Waals surface area contributed by atoms with Crippen molar-refractivity contribution in [2.24, 2.45) is 0 Å². The van der Waals surface area contributed by atoms with Crippen molar-refractivity contribution in [1.82, 2.24) is 9.29 Å². The molecule has 0 spiro atoms. The molecule has 0 bridgehead atoms. The predicted molar refractivity (Wildman–Crippen MR) is 126 cm³/mol. The highest BCUT2D eigenvalue weighted by Gasteiger charge is 2.28. The summed E-state index contributed by atoms with van der Waals surface area (Å²) in [5.74, 6) is 0. The van der Waals surface area contributed by atoms with E-state index in [0.29, 0.717) is 22.9 Å². The molecule has 0 radical (unpaired) electrons. The van der Waals surface area contributed by atoms with Crippen LogP contribution in [-0.4, -0.2) is 24.3 Å². The molecule has 0 unspecified atom stereocenters. The van der Waals surface area contributed by atoms with E-state index < -0.39 is 10.0 Å². The fourth-order valence-electron chi connectivity index (χ4n) is 4.07. The van der Waals surface area contributed by atoms with E-state index in [1.165, 1.54) is 4.31 Å². The van der Waals surface area contributed by atoms with Gasteiger partial charge in [0.05, 0.1) is 10.6 Å². The van der Waals surface area contributed by atoms with E-state index in [2.05, 4.69) is 11.1 Å². The van der Waals surface area contributed by atoms with Gasteiger partial charge in [0.1, 0.15) is 0 Å². The summed E-state index contributed by atoms with van der Waals surface area (Å²) in [7, 11) is -3.68. The maximum Gasteiger partial charge on any atom is 0.263 e. The van der Waals surface area contributed by atoms with Gasteiger partial charge >= 0.3 is 0 Å². The van der Waals surface area contributed by atoms with Gasteiger partial charge in [-0.15, -0.1) is 0 Å². The Labute approximate surface area is 186 Å². The summed E-state index contributed by atoms with van der Waals surface area (Å²) in [5.41, 5.74) is 5.87. The van der Waals surface area contributed by atoms with Crippen molar-refractivity contribution in [1.29, 1.82) is 0 Å². The Balaban J connectivity index is 1.69. The average molecular weight is 449 g/mol. The van der Waals surface area contributed by atoms with Crippen molar-refractivity contribution in [3.63, 3.8) is 0 Å². The van der Waals surface area contributed by atoms with Crippen LogP contribution in [0.4, 0.5) is 0 Å². The third-order valence-electron chi connectivity index (χ3n) is 5.72. The zero-order chi connectivity index (χ0) is 21.6. The second-order valence-electron chi connectivity index (χ2n) is 7.75.